The molecule has 2 atom stereocenters. The molecule has 0 amide bonds. The molecule has 0 heterocycles. The highest BCUT2D eigenvalue weighted by Crippen LogP contribution is 2.38. The number of hydrogen-bond acceptors (Lipinski definition) is 2. The van der Waals surface area contributed by atoms with E-state index in [0.717, 1.165) is 6.42 Å². The third kappa shape index (κ3) is 3.57. The quantitative estimate of drug-likeness (QED) is 0.738. The topological polar surface area (TPSA) is 35.2 Å². The van der Waals surface area contributed by atoms with Gasteiger partial charge in [-0.25, -0.2) is 0 Å². The van der Waals surface area contributed by atoms with Crippen LogP contribution in [0.3, 0.4) is 0 Å². The maximum atomic E-state index is 6.37. The molecule has 0 aliphatic heterocycles. The maximum Gasteiger partial charge on any atom is 0.192 e. The molecular formula is C12H27NOSi. The lowest BCUT2D eigenvalue weighted by Gasteiger charge is -2.41. The molecule has 0 bridgehead atoms. The molecule has 2 nitrogen and oxygen atoms in total. The van der Waals surface area contributed by atoms with Gasteiger partial charge in [-0.05, 0) is 43.8 Å². The van der Waals surface area contributed by atoms with Crippen LogP contribution < -0.4 is 5.73 Å². The van der Waals surface area contributed by atoms with Crippen molar-refractivity contribution in [3.8, 4) is 0 Å². The van der Waals surface area contributed by atoms with Gasteiger partial charge in [-0.3, -0.25) is 0 Å². The second kappa shape index (κ2) is 4.56. The zero-order valence-electron chi connectivity index (χ0n) is 11.0. The Kier molecular flexibility index (Phi) is 4.01. The zero-order valence-corrected chi connectivity index (χ0v) is 12.0. The second-order valence-corrected chi connectivity index (χ2v) is 11.2. The molecule has 0 radical (unpaired) electrons. The molecule has 1 fully saturated rings. The summed E-state index contributed by atoms with van der Waals surface area (Å²) < 4.78 is 6.37. The fraction of sp³-hybridized carbons (Fsp3) is 1.00. The van der Waals surface area contributed by atoms with Gasteiger partial charge in [0.15, 0.2) is 8.32 Å². The van der Waals surface area contributed by atoms with E-state index in [-0.39, 0.29) is 0 Å². The average Bonchev–Trinajstić information content (AvgIpc) is 2.00. The Morgan fingerprint density at radius 3 is 2.27 bits per heavy atom. The van der Waals surface area contributed by atoms with E-state index < -0.39 is 8.32 Å². The highest BCUT2D eigenvalue weighted by Gasteiger charge is 2.39. The van der Waals surface area contributed by atoms with Crippen molar-refractivity contribution < 1.29 is 4.43 Å². The summed E-state index contributed by atoms with van der Waals surface area (Å²) in [5.41, 5.74) is 5.99. The van der Waals surface area contributed by atoms with Crippen LogP contribution in [0.1, 0.15) is 46.5 Å². The first kappa shape index (κ1) is 13.2. The van der Waals surface area contributed by atoms with Crippen molar-refractivity contribution in [2.45, 2.75) is 76.7 Å². The SMILES string of the molecule is CC(C)(C)[Si](C)(C)O[C@@H]1CCC[C@@H](N)C1. The lowest BCUT2D eigenvalue weighted by Crippen LogP contribution is -2.46. The Hall–Kier alpha value is 0.137. The van der Waals surface area contributed by atoms with Gasteiger partial charge in [0.1, 0.15) is 0 Å². The van der Waals surface area contributed by atoms with E-state index in [0.29, 0.717) is 17.2 Å². The van der Waals surface area contributed by atoms with Crippen LogP contribution in [0.15, 0.2) is 0 Å². The summed E-state index contributed by atoms with van der Waals surface area (Å²) in [6, 6.07) is 0.369. The number of rotatable bonds is 2. The second-order valence-electron chi connectivity index (χ2n) is 6.43. The van der Waals surface area contributed by atoms with Crippen molar-refractivity contribution in [2.75, 3.05) is 0 Å². The zero-order chi connectivity index (χ0) is 11.7. The standard InChI is InChI=1S/C12H27NOSi/c1-12(2,3)15(4,5)14-11-8-6-7-10(13)9-11/h10-11H,6-9,13H2,1-5H3/t10-,11-/m1/s1. The molecule has 90 valence electrons. The van der Waals surface area contributed by atoms with E-state index in [9.17, 15) is 0 Å². The summed E-state index contributed by atoms with van der Waals surface area (Å²) in [5, 5.41) is 0.314. The molecule has 0 aromatic heterocycles. The third-order valence-corrected chi connectivity index (χ3v) is 8.47. The van der Waals surface area contributed by atoms with Gasteiger partial charge >= 0.3 is 0 Å². The Bertz CT molecular complexity index is 210. The predicted octanol–water partition coefficient (Wildman–Crippen LogP) is 3.28. The molecular weight excluding hydrogens is 202 g/mol. The summed E-state index contributed by atoms with van der Waals surface area (Å²) in [6.07, 6.45) is 5.11. The van der Waals surface area contributed by atoms with Crippen molar-refractivity contribution in [2.24, 2.45) is 5.73 Å². The molecule has 15 heavy (non-hydrogen) atoms. The lowest BCUT2D eigenvalue weighted by atomic mass is 9.94. The molecule has 0 saturated heterocycles. The van der Waals surface area contributed by atoms with Crippen molar-refractivity contribution in [1.82, 2.24) is 0 Å². The van der Waals surface area contributed by atoms with E-state index in [1.54, 1.807) is 0 Å². The molecule has 0 aromatic rings. The van der Waals surface area contributed by atoms with Gasteiger partial charge in [-0.2, -0.15) is 0 Å². The predicted molar refractivity (Wildman–Crippen MR) is 68.5 cm³/mol. The normalized spacial score (nSPS) is 29.2. The van der Waals surface area contributed by atoms with Gasteiger partial charge < -0.3 is 10.2 Å². The van der Waals surface area contributed by atoms with Gasteiger partial charge in [-0.1, -0.05) is 20.8 Å². The van der Waals surface area contributed by atoms with Gasteiger partial charge in [0.2, 0.25) is 0 Å². The van der Waals surface area contributed by atoms with Gasteiger partial charge in [0, 0.05) is 12.1 Å². The highest BCUT2D eigenvalue weighted by atomic mass is 28.4. The number of hydrogen-bond donors (Lipinski definition) is 1. The van der Waals surface area contributed by atoms with Crippen LogP contribution in [-0.4, -0.2) is 20.5 Å². The number of nitrogens with two attached hydrogens (primary N) is 1. The van der Waals surface area contributed by atoms with E-state index in [1.165, 1.54) is 19.3 Å². The Balaban J connectivity index is 2.53. The third-order valence-electron chi connectivity index (χ3n) is 3.93. The van der Waals surface area contributed by atoms with Crippen LogP contribution >= 0.6 is 0 Å². The van der Waals surface area contributed by atoms with Crippen molar-refractivity contribution in [3.05, 3.63) is 0 Å². The van der Waals surface area contributed by atoms with Crippen molar-refractivity contribution in [1.29, 1.82) is 0 Å². The smallest absolute Gasteiger partial charge is 0.192 e. The summed E-state index contributed by atoms with van der Waals surface area (Å²) in [7, 11) is -1.58. The minimum Gasteiger partial charge on any atom is -0.414 e. The highest BCUT2D eigenvalue weighted by molar-refractivity contribution is 6.74. The van der Waals surface area contributed by atoms with Crippen LogP contribution in [0.2, 0.25) is 18.1 Å². The summed E-state index contributed by atoms with van der Waals surface area (Å²) in [5.74, 6) is 0. The minimum absolute atomic E-state index is 0.314. The Labute approximate surface area is 95.7 Å². The maximum absolute atomic E-state index is 6.37. The summed E-state index contributed by atoms with van der Waals surface area (Å²) in [6.45, 7) is 11.5. The molecule has 0 unspecified atom stereocenters. The Morgan fingerprint density at radius 2 is 1.80 bits per heavy atom. The van der Waals surface area contributed by atoms with Gasteiger partial charge in [-0.15, -0.1) is 0 Å². The molecule has 3 heteroatoms. The fourth-order valence-electron chi connectivity index (χ4n) is 1.88. The summed E-state index contributed by atoms with van der Waals surface area (Å²) in [4.78, 5) is 0. The molecule has 0 aromatic carbocycles. The first-order valence-electron chi connectivity index (χ1n) is 6.16. The van der Waals surface area contributed by atoms with Crippen LogP contribution in [0, 0.1) is 0 Å². The Morgan fingerprint density at radius 1 is 1.20 bits per heavy atom. The van der Waals surface area contributed by atoms with Crippen LogP contribution in [0.25, 0.3) is 0 Å². The fourth-order valence-corrected chi connectivity index (χ4v) is 3.28. The van der Waals surface area contributed by atoms with Crippen LogP contribution in [-0.2, 0) is 4.43 Å². The minimum atomic E-state index is -1.58. The van der Waals surface area contributed by atoms with E-state index in [1.807, 2.05) is 0 Å². The van der Waals surface area contributed by atoms with Gasteiger partial charge in [0.25, 0.3) is 0 Å². The van der Waals surface area contributed by atoms with Gasteiger partial charge in [0.05, 0.1) is 0 Å². The van der Waals surface area contributed by atoms with E-state index in [4.69, 9.17) is 10.2 Å². The monoisotopic (exact) mass is 229 g/mol. The molecule has 0 spiro atoms. The van der Waals surface area contributed by atoms with Crippen LogP contribution in [0.5, 0.6) is 0 Å². The molecule has 1 aliphatic rings. The lowest BCUT2D eigenvalue weighted by molar-refractivity contribution is 0.128. The van der Waals surface area contributed by atoms with Crippen molar-refractivity contribution in [3.63, 3.8) is 0 Å². The van der Waals surface area contributed by atoms with E-state index >= 15 is 0 Å². The summed E-state index contributed by atoms with van der Waals surface area (Å²) >= 11 is 0. The first-order valence-corrected chi connectivity index (χ1v) is 9.06. The molecule has 1 rings (SSSR count). The van der Waals surface area contributed by atoms with Crippen molar-refractivity contribution >= 4 is 8.32 Å². The largest absolute Gasteiger partial charge is 0.414 e. The molecule has 1 aliphatic carbocycles. The first-order chi connectivity index (χ1) is 6.72. The van der Waals surface area contributed by atoms with E-state index in [2.05, 4.69) is 33.9 Å². The molecule has 2 N–H and O–H groups in total. The average molecular weight is 229 g/mol. The molecule has 1 saturated carbocycles. The van der Waals surface area contributed by atoms with Crippen LogP contribution in [0.4, 0.5) is 0 Å².